The van der Waals surface area contributed by atoms with E-state index >= 15 is 0 Å². The van der Waals surface area contributed by atoms with Gasteiger partial charge in [-0.2, -0.15) is 0 Å². The van der Waals surface area contributed by atoms with Crippen LogP contribution in [0.2, 0.25) is 5.02 Å². The molecule has 2 amide bonds. The van der Waals surface area contributed by atoms with Gasteiger partial charge in [-0.25, -0.2) is 8.42 Å². The molecule has 1 atom stereocenters. The molecule has 3 rings (SSSR count). The first-order valence-electron chi connectivity index (χ1n) is 12.6. The van der Waals surface area contributed by atoms with E-state index in [0.29, 0.717) is 22.8 Å². The van der Waals surface area contributed by atoms with Crippen molar-refractivity contribution in [1.82, 2.24) is 10.2 Å². The van der Waals surface area contributed by atoms with Gasteiger partial charge in [0.1, 0.15) is 12.6 Å². The van der Waals surface area contributed by atoms with Crippen LogP contribution >= 0.6 is 27.5 Å². The first kappa shape index (κ1) is 30.7. The van der Waals surface area contributed by atoms with Crippen LogP contribution in [-0.2, 0) is 32.6 Å². The third-order valence-corrected chi connectivity index (χ3v) is 8.63. The maximum absolute atomic E-state index is 14.0. The summed E-state index contributed by atoms with van der Waals surface area (Å²) in [7, 11) is -3.83. The minimum atomic E-state index is -3.83. The lowest BCUT2D eigenvalue weighted by Gasteiger charge is -2.33. The van der Waals surface area contributed by atoms with E-state index < -0.39 is 28.5 Å². The standard InChI is InChI=1S/C29H33BrClN3O4S/c1-4-16-32-29(36)27(18-22-10-6-5-7-11-22)33(19-23-12-8-9-13-26(23)31)28(35)20-34(39(3,37)38)24-14-15-25(30)21(2)17-24/h5-15,17,27H,4,16,18-20H2,1-3H3,(H,32,36). The molecule has 0 fully saturated rings. The molecule has 1 N–H and O–H groups in total. The lowest BCUT2D eigenvalue weighted by molar-refractivity contribution is -0.140. The molecular formula is C29H33BrClN3O4S. The fraction of sp³-hybridized carbons (Fsp3) is 0.310. The zero-order chi connectivity index (χ0) is 28.6. The summed E-state index contributed by atoms with van der Waals surface area (Å²) in [6.07, 6.45) is 2.04. The van der Waals surface area contributed by atoms with E-state index in [0.717, 1.165) is 32.6 Å². The molecule has 0 aliphatic heterocycles. The van der Waals surface area contributed by atoms with Gasteiger partial charge >= 0.3 is 0 Å². The minimum Gasteiger partial charge on any atom is -0.354 e. The summed E-state index contributed by atoms with van der Waals surface area (Å²) in [5.74, 6) is -0.833. The molecule has 0 aliphatic carbocycles. The van der Waals surface area contributed by atoms with Gasteiger partial charge in [0, 0.05) is 29.0 Å². The van der Waals surface area contributed by atoms with Crippen molar-refractivity contribution >= 4 is 55.1 Å². The molecule has 208 valence electrons. The Morgan fingerprint density at radius 3 is 2.31 bits per heavy atom. The lowest BCUT2D eigenvalue weighted by Crippen LogP contribution is -2.53. The van der Waals surface area contributed by atoms with E-state index in [2.05, 4.69) is 21.2 Å². The minimum absolute atomic E-state index is 0.0342. The number of aryl methyl sites for hydroxylation is 1. The van der Waals surface area contributed by atoms with Crippen molar-refractivity contribution in [3.63, 3.8) is 0 Å². The number of hydrogen-bond acceptors (Lipinski definition) is 4. The molecule has 0 bridgehead atoms. The van der Waals surface area contributed by atoms with Crippen LogP contribution in [0.1, 0.15) is 30.0 Å². The first-order valence-corrected chi connectivity index (χ1v) is 15.6. The van der Waals surface area contributed by atoms with Crippen LogP contribution in [0.25, 0.3) is 0 Å². The van der Waals surface area contributed by atoms with E-state index in [-0.39, 0.29) is 18.9 Å². The summed E-state index contributed by atoms with van der Waals surface area (Å²) in [5, 5.41) is 3.36. The van der Waals surface area contributed by atoms with Gasteiger partial charge in [-0.05, 0) is 54.3 Å². The summed E-state index contributed by atoms with van der Waals surface area (Å²) in [6.45, 7) is 3.80. The van der Waals surface area contributed by atoms with Crippen LogP contribution in [0, 0.1) is 6.92 Å². The second-order valence-corrected chi connectivity index (χ2v) is 12.5. The Labute approximate surface area is 244 Å². The number of nitrogens with one attached hydrogen (secondary N) is 1. The third-order valence-electron chi connectivity index (χ3n) is 6.23. The van der Waals surface area contributed by atoms with Crippen LogP contribution < -0.4 is 9.62 Å². The van der Waals surface area contributed by atoms with Crippen molar-refractivity contribution in [2.75, 3.05) is 23.7 Å². The molecule has 0 saturated carbocycles. The highest BCUT2D eigenvalue weighted by Crippen LogP contribution is 2.26. The quantitative estimate of drug-likeness (QED) is 0.291. The van der Waals surface area contributed by atoms with Crippen molar-refractivity contribution < 1.29 is 18.0 Å². The van der Waals surface area contributed by atoms with Crippen LogP contribution in [0.4, 0.5) is 5.69 Å². The van der Waals surface area contributed by atoms with Crippen molar-refractivity contribution in [3.8, 4) is 0 Å². The molecule has 39 heavy (non-hydrogen) atoms. The van der Waals surface area contributed by atoms with Crippen LogP contribution in [0.15, 0.2) is 77.3 Å². The van der Waals surface area contributed by atoms with Crippen LogP contribution in [0.3, 0.4) is 0 Å². The first-order chi connectivity index (χ1) is 18.5. The number of rotatable bonds is 12. The van der Waals surface area contributed by atoms with Crippen LogP contribution in [-0.4, -0.2) is 50.5 Å². The number of halogens is 2. The number of carbonyl (C=O) groups is 2. The summed E-state index contributed by atoms with van der Waals surface area (Å²) in [4.78, 5) is 29.0. The van der Waals surface area contributed by atoms with E-state index in [4.69, 9.17) is 11.6 Å². The van der Waals surface area contributed by atoms with Crippen molar-refractivity contribution in [2.24, 2.45) is 0 Å². The van der Waals surface area contributed by atoms with E-state index in [9.17, 15) is 18.0 Å². The molecule has 1 unspecified atom stereocenters. The maximum atomic E-state index is 14.0. The molecule has 7 nitrogen and oxygen atoms in total. The number of benzene rings is 3. The monoisotopic (exact) mass is 633 g/mol. The van der Waals surface area contributed by atoms with Crippen LogP contribution in [0.5, 0.6) is 0 Å². The van der Waals surface area contributed by atoms with Gasteiger partial charge < -0.3 is 10.2 Å². The predicted molar refractivity (Wildman–Crippen MR) is 160 cm³/mol. The molecule has 0 saturated heterocycles. The lowest BCUT2D eigenvalue weighted by atomic mass is 10.0. The summed E-state index contributed by atoms with van der Waals surface area (Å²) >= 11 is 9.89. The highest BCUT2D eigenvalue weighted by atomic mass is 79.9. The largest absolute Gasteiger partial charge is 0.354 e. The molecule has 3 aromatic rings. The smallest absolute Gasteiger partial charge is 0.244 e. The van der Waals surface area contributed by atoms with Gasteiger partial charge in [-0.1, -0.05) is 83.0 Å². The fourth-order valence-electron chi connectivity index (χ4n) is 4.13. The number of anilines is 1. The normalized spacial score (nSPS) is 12.0. The molecule has 0 aromatic heterocycles. The topological polar surface area (TPSA) is 86.8 Å². The highest BCUT2D eigenvalue weighted by molar-refractivity contribution is 9.10. The molecule has 3 aromatic carbocycles. The molecule has 0 spiro atoms. The van der Waals surface area contributed by atoms with Gasteiger partial charge in [0.15, 0.2) is 0 Å². The third kappa shape index (κ3) is 8.55. The number of sulfonamides is 1. The van der Waals surface area contributed by atoms with Gasteiger partial charge in [-0.3, -0.25) is 13.9 Å². The van der Waals surface area contributed by atoms with Crippen molar-refractivity contribution in [1.29, 1.82) is 0 Å². The average molecular weight is 635 g/mol. The molecule has 0 heterocycles. The van der Waals surface area contributed by atoms with Gasteiger partial charge in [0.25, 0.3) is 0 Å². The van der Waals surface area contributed by atoms with Gasteiger partial charge in [-0.15, -0.1) is 0 Å². The maximum Gasteiger partial charge on any atom is 0.244 e. The average Bonchev–Trinajstić information content (AvgIpc) is 2.90. The summed E-state index contributed by atoms with van der Waals surface area (Å²) < 4.78 is 27.6. The molecule has 0 radical (unpaired) electrons. The highest BCUT2D eigenvalue weighted by Gasteiger charge is 2.33. The molecule has 10 heteroatoms. The van der Waals surface area contributed by atoms with Gasteiger partial charge in [0.2, 0.25) is 21.8 Å². The van der Waals surface area contributed by atoms with E-state index in [1.54, 1.807) is 42.5 Å². The number of carbonyl (C=O) groups excluding carboxylic acids is 2. The Morgan fingerprint density at radius 2 is 1.69 bits per heavy atom. The molecule has 0 aliphatic rings. The second kappa shape index (κ2) is 14.0. The Morgan fingerprint density at radius 1 is 1.03 bits per heavy atom. The second-order valence-electron chi connectivity index (χ2n) is 9.31. The summed E-state index contributed by atoms with van der Waals surface area (Å²) in [5.41, 5.74) is 2.70. The van der Waals surface area contributed by atoms with Gasteiger partial charge in [0.05, 0.1) is 11.9 Å². The van der Waals surface area contributed by atoms with Crippen molar-refractivity contribution in [2.45, 2.75) is 39.3 Å². The zero-order valence-corrected chi connectivity index (χ0v) is 25.4. The Bertz CT molecular complexity index is 1400. The zero-order valence-electron chi connectivity index (χ0n) is 22.2. The van der Waals surface area contributed by atoms with E-state index in [1.165, 1.54) is 4.90 Å². The number of nitrogens with zero attached hydrogens (tertiary/aromatic N) is 2. The number of amides is 2. The Kier molecular flexibility index (Phi) is 11.0. The predicted octanol–water partition coefficient (Wildman–Crippen LogP) is 5.34. The summed E-state index contributed by atoms with van der Waals surface area (Å²) in [6, 6.07) is 20.7. The Balaban J connectivity index is 2.06. The van der Waals surface area contributed by atoms with E-state index in [1.807, 2.05) is 44.2 Å². The van der Waals surface area contributed by atoms with Crippen molar-refractivity contribution in [3.05, 3.63) is 99.0 Å². The number of hydrogen-bond donors (Lipinski definition) is 1. The fourth-order valence-corrected chi connectivity index (χ4v) is 5.41. The Hall–Kier alpha value is -2.88. The SMILES string of the molecule is CCCNC(=O)C(Cc1ccccc1)N(Cc1ccccc1Cl)C(=O)CN(c1ccc(Br)c(C)c1)S(C)(=O)=O. The molecular weight excluding hydrogens is 602 g/mol.